The first-order valence-electron chi connectivity index (χ1n) is 9.67. The summed E-state index contributed by atoms with van der Waals surface area (Å²) in [5.41, 5.74) is 5.33. The fourth-order valence-corrected chi connectivity index (χ4v) is 3.39. The van der Waals surface area contributed by atoms with Crippen molar-refractivity contribution in [2.75, 3.05) is 14.1 Å². The molecule has 0 fully saturated rings. The molecular weight excluding hydrogens is 365 g/mol. The molecule has 0 aliphatic rings. The van der Waals surface area contributed by atoms with Crippen molar-refractivity contribution in [2.45, 2.75) is 26.3 Å². The molecule has 3 aromatic heterocycles. The lowest BCUT2D eigenvalue weighted by Crippen LogP contribution is -2.10. The van der Waals surface area contributed by atoms with Crippen molar-refractivity contribution in [3.8, 4) is 22.6 Å². The smallest absolute Gasteiger partial charge is 0.138 e. The average Bonchev–Trinajstić information content (AvgIpc) is 3.06. The zero-order chi connectivity index (χ0) is 20.5. The maximum Gasteiger partial charge on any atom is 0.138 e. The van der Waals surface area contributed by atoms with Crippen LogP contribution in [0.25, 0.3) is 28.3 Å². The highest BCUT2D eigenvalue weighted by atomic mass is 19.1. The van der Waals surface area contributed by atoms with Crippen LogP contribution in [0.2, 0.25) is 0 Å². The summed E-state index contributed by atoms with van der Waals surface area (Å²) in [4.78, 5) is 16.2. The summed E-state index contributed by atoms with van der Waals surface area (Å²) >= 11 is 0. The SMILES string of the molecule is CC(C)c1nccc(-c2c(-c3ccc(F)cc3)nc3cc(CN(C)C)ccn23)n1. The molecule has 0 saturated carbocycles. The number of nitrogens with zero attached hydrogens (tertiary/aromatic N) is 5. The molecule has 29 heavy (non-hydrogen) atoms. The Hall–Kier alpha value is -3.12. The third-order valence-electron chi connectivity index (χ3n) is 4.74. The predicted octanol–water partition coefficient (Wildman–Crippen LogP) is 4.78. The molecule has 1 aromatic carbocycles. The van der Waals surface area contributed by atoms with Gasteiger partial charge < -0.3 is 4.90 Å². The zero-order valence-corrected chi connectivity index (χ0v) is 17.1. The van der Waals surface area contributed by atoms with Gasteiger partial charge in [-0.15, -0.1) is 0 Å². The van der Waals surface area contributed by atoms with E-state index in [0.717, 1.165) is 40.7 Å². The van der Waals surface area contributed by atoms with Gasteiger partial charge in [0.25, 0.3) is 0 Å². The first-order valence-corrected chi connectivity index (χ1v) is 9.67. The van der Waals surface area contributed by atoms with Gasteiger partial charge >= 0.3 is 0 Å². The number of halogens is 1. The Morgan fingerprint density at radius 2 is 1.79 bits per heavy atom. The molecule has 0 N–H and O–H groups in total. The van der Waals surface area contributed by atoms with Crippen LogP contribution >= 0.6 is 0 Å². The highest BCUT2D eigenvalue weighted by Gasteiger charge is 2.18. The maximum atomic E-state index is 13.5. The van der Waals surface area contributed by atoms with E-state index in [1.165, 1.54) is 17.7 Å². The summed E-state index contributed by atoms with van der Waals surface area (Å²) in [6.45, 7) is 4.97. The van der Waals surface area contributed by atoms with E-state index in [0.29, 0.717) is 0 Å². The molecule has 0 unspecified atom stereocenters. The van der Waals surface area contributed by atoms with Gasteiger partial charge in [-0.2, -0.15) is 0 Å². The van der Waals surface area contributed by atoms with Gasteiger partial charge in [0.15, 0.2) is 0 Å². The lowest BCUT2D eigenvalue weighted by molar-refractivity contribution is 0.402. The Labute approximate surface area is 169 Å². The molecule has 0 aliphatic carbocycles. The fraction of sp³-hybridized carbons (Fsp3) is 0.261. The number of rotatable bonds is 5. The summed E-state index contributed by atoms with van der Waals surface area (Å²) in [7, 11) is 4.08. The summed E-state index contributed by atoms with van der Waals surface area (Å²) in [6.07, 6.45) is 3.81. The highest BCUT2D eigenvalue weighted by Crippen LogP contribution is 2.32. The van der Waals surface area contributed by atoms with Gasteiger partial charge in [0.2, 0.25) is 0 Å². The first kappa shape index (κ1) is 19.2. The van der Waals surface area contributed by atoms with Gasteiger partial charge in [-0.05, 0) is 62.1 Å². The van der Waals surface area contributed by atoms with Crippen LogP contribution in [0.4, 0.5) is 4.39 Å². The molecule has 4 aromatic rings. The van der Waals surface area contributed by atoms with E-state index in [-0.39, 0.29) is 11.7 Å². The summed E-state index contributed by atoms with van der Waals surface area (Å²) in [6, 6.07) is 12.5. The molecular formula is C23H24FN5. The van der Waals surface area contributed by atoms with Crippen LogP contribution in [-0.4, -0.2) is 38.3 Å². The summed E-state index contributed by atoms with van der Waals surface area (Å²) < 4.78 is 15.5. The molecule has 0 spiro atoms. The number of fused-ring (bicyclic) bond motifs is 1. The minimum atomic E-state index is -0.267. The van der Waals surface area contributed by atoms with Crippen LogP contribution in [0, 0.1) is 5.82 Å². The normalized spacial score (nSPS) is 11.7. The molecule has 0 atom stereocenters. The molecule has 3 heterocycles. The molecule has 148 valence electrons. The topological polar surface area (TPSA) is 46.3 Å². The van der Waals surface area contributed by atoms with Crippen LogP contribution < -0.4 is 0 Å². The van der Waals surface area contributed by atoms with Gasteiger partial charge in [0, 0.05) is 30.4 Å². The van der Waals surface area contributed by atoms with E-state index < -0.39 is 0 Å². The Kier molecular flexibility index (Phi) is 5.11. The third kappa shape index (κ3) is 3.89. The minimum absolute atomic E-state index is 0.218. The molecule has 0 amide bonds. The van der Waals surface area contributed by atoms with Crippen molar-refractivity contribution < 1.29 is 4.39 Å². The van der Waals surface area contributed by atoms with Crippen molar-refractivity contribution in [2.24, 2.45) is 0 Å². The van der Waals surface area contributed by atoms with Crippen molar-refractivity contribution in [1.82, 2.24) is 24.3 Å². The Morgan fingerprint density at radius 1 is 1.03 bits per heavy atom. The van der Waals surface area contributed by atoms with Crippen molar-refractivity contribution >= 4 is 5.65 Å². The first-order chi connectivity index (χ1) is 13.9. The standard InChI is InChI=1S/C23H24FN5/c1-15(2)23-25-11-9-19(26-23)22-21(17-5-7-18(24)8-6-17)27-20-13-16(14-28(3)4)10-12-29(20)22/h5-13,15H,14H2,1-4H3. The number of benzene rings is 1. The van der Waals surface area contributed by atoms with Gasteiger partial charge in [0.05, 0.1) is 17.1 Å². The van der Waals surface area contributed by atoms with Gasteiger partial charge in [-0.1, -0.05) is 13.8 Å². The maximum absolute atomic E-state index is 13.5. The number of pyridine rings is 1. The number of imidazole rings is 1. The average molecular weight is 389 g/mol. The molecule has 0 saturated heterocycles. The summed E-state index contributed by atoms with van der Waals surface area (Å²) in [5.74, 6) is 0.735. The van der Waals surface area contributed by atoms with Gasteiger partial charge in [0.1, 0.15) is 17.3 Å². The number of aromatic nitrogens is 4. The van der Waals surface area contributed by atoms with Gasteiger partial charge in [-0.25, -0.2) is 19.3 Å². The second-order valence-corrected chi connectivity index (χ2v) is 7.77. The second kappa shape index (κ2) is 7.72. The molecule has 0 bridgehead atoms. The number of hydrogen-bond acceptors (Lipinski definition) is 4. The lowest BCUT2D eigenvalue weighted by atomic mass is 10.1. The fourth-order valence-electron chi connectivity index (χ4n) is 3.39. The zero-order valence-electron chi connectivity index (χ0n) is 17.1. The minimum Gasteiger partial charge on any atom is -0.305 e. The van der Waals surface area contributed by atoms with E-state index in [4.69, 9.17) is 9.97 Å². The van der Waals surface area contributed by atoms with E-state index in [1.807, 2.05) is 30.8 Å². The molecule has 0 radical (unpaired) electrons. The van der Waals surface area contributed by atoms with Crippen molar-refractivity contribution in [3.63, 3.8) is 0 Å². The number of hydrogen-bond donors (Lipinski definition) is 0. The second-order valence-electron chi connectivity index (χ2n) is 7.77. The van der Waals surface area contributed by atoms with E-state index in [2.05, 4.69) is 35.9 Å². The van der Waals surface area contributed by atoms with E-state index in [9.17, 15) is 4.39 Å². The van der Waals surface area contributed by atoms with Crippen molar-refractivity contribution in [3.05, 3.63) is 72.1 Å². The van der Waals surface area contributed by atoms with Gasteiger partial charge in [-0.3, -0.25) is 4.40 Å². The quantitative estimate of drug-likeness (QED) is 0.493. The third-order valence-corrected chi connectivity index (χ3v) is 4.74. The van der Waals surface area contributed by atoms with Crippen LogP contribution in [0.5, 0.6) is 0 Å². The Bertz CT molecular complexity index is 1150. The Balaban J connectivity index is 1.95. The molecule has 5 nitrogen and oxygen atoms in total. The molecule has 4 rings (SSSR count). The van der Waals surface area contributed by atoms with E-state index >= 15 is 0 Å². The van der Waals surface area contributed by atoms with Crippen LogP contribution in [-0.2, 0) is 6.54 Å². The highest BCUT2D eigenvalue weighted by molar-refractivity contribution is 5.80. The largest absolute Gasteiger partial charge is 0.305 e. The molecule has 6 heteroatoms. The summed E-state index contributed by atoms with van der Waals surface area (Å²) in [5, 5.41) is 0. The molecule has 0 aliphatic heterocycles. The van der Waals surface area contributed by atoms with Crippen LogP contribution in [0.15, 0.2) is 54.9 Å². The van der Waals surface area contributed by atoms with E-state index in [1.54, 1.807) is 18.3 Å². The van der Waals surface area contributed by atoms with Crippen LogP contribution in [0.3, 0.4) is 0 Å². The predicted molar refractivity (Wildman–Crippen MR) is 113 cm³/mol. The van der Waals surface area contributed by atoms with Crippen LogP contribution in [0.1, 0.15) is 31.2 Å². The Morgan fingerprint density at radius 3 is 2.48 bits per heavy atom. The van der Waals surface area contributed by atoms with Crippen molar-refractivity contribution in [1.29, 1.82) is 0 Å². The monoisotopic (exact) mass is 389 g/mol. The lowest BCUT2D eigenvalue weighted by Gasteiger charge is -2.11.